The van der Waals surface area contributed by atoms with Crippen molar-refractivity contribution in [2.45, 2.75) is 0 Å². The number of hydrogen-bond acceptors (Lipinski definition) is 5. The van der Waals surface area contributed by atoms with Gasteiger partial charge in [-0.1, -0.05) is 12.1 Å². The van der Waals surface area contributed by atoms with Crippen molar-refractivity contribution in [3.05, 3.63) is 52.3 Å². The summed E-state index contributed by atoms with van der Waals surface area (Å²) in [6.45, 7) is 0. The van der Waals surface area contributed by atoms with E-state index in [9.17, 15) is 19.6 Å². The fourth-order valence-corrected chi connectivity index (χ4v) is 1.57. The summed E-state index contributed by atoms with van der Waals surface area (Å²) in [5, 5.41) is 20.3. The number of hydrogen-bond donors (Lipinski definition) is 1. The van der Waals surface area contributed by atoms with Crippen molar-refractivity contribution in [3.63, 3.8) is 0 Å². The van der Waals surface area contributed by atoms with Gasteiger partial charge >= 0.3 is 5.69 Å². The molecular formula is C13H10FNO5. The van der Waals surface area contributed by atoms with Crippen molar-refractivity contribution in [2.75, 3.05) is 7.11 Å². The minimum Gasteiger partial charge on any atom is -0.504 e. The first-order valence-corrected chi connectivity index (χ1v) is 5.50. The SMILES string of the molecule is COc1cc(Oc2ccccc2O)c(F)cc1[N+](=O)[O-]. The number of para-hydroxylation sites is 2. The largest absolute Gasteiger partial charge is 0.504 e. The monoisotopic (exact) mass is 279 g/mol. The number of nitrogens with zero attached hydrogens (tertiary/aromatic N) is 1. The number of benzene rings is 2. The molecule has 2 aromatic rings. The van der Waals surface area contributed by atoms with E-state index in [-0.39, 0.29) is 23.0 Å². The molecule has 6 nitrogen and oxygen atoms in total. The molecule has 0 fully saturated rings. The highest BCUT2D eigenvalue weighted by Gasteiger charge is 2.20. The molecule has 0 spiro atoms. The van der Waals surface area contributed by atoms with Crippen LogP contribution in [0.5, 0.6) is 23.0 Å². The molecule has 104 valence electrons. The molecule has 0 unspecified atom stereocenters. The van der Waals surface area contributed by atoms with Crippen LogP contribution in [0, 0.1) is 15.9 Å². The number of methoxy groups -OCH3 is 1. The van der Waals surface area contributed by atoms with Crippen LogP contribution in [0.15, 0.2) is 36.4 Å². The van der Waals surface area contributed by atoms with E-state index in [1.54, 1.807) is 12.1 Å². The van der Waals surface area contributed by atoms with Crippen LogP contribution in [0.25, 0.3) is 0 Å². The average molecular weight is 279 g/mol. The minimum absolute atomic E-state index is 0.0299. The quantitative estimate of drug-likeness (QED) is 0.686. The van der Waals surface area contributed by atoms with E-state index in [0.29, 0.717) is 6.07 Å². The maximum atomic E-state index is 13.8. The Balaban J connectivity index is 2.43. The smallest absolute Gasteiger partial charge is 0.314 e. The second kappa shape index (κ2) is 5.43. The summed E-state index contributed by atoms with van der Waals surface area (Å²) in [4.78, 5) is 9.98. The molecule has 0 saturated heterocycles. The van der Waals surface area contributed by atoms with Gasteiger partial charge in [-0.25, -0.2) is 4.39 Å². The molecule has 1 N–H and O–H groups in total. The maximum Gasteiger partial charge on any atom is 0.314 e. The van der Waals surface area contributed by atoms with E-state index >= 15 is 0 Å². The Bertz CT molecular complexity index is 659. The lowest BCUT2D eigenvalue weighted by Gasteiger charge is -2.10. The number of halogens is 1. The van der Waals surface area contributed by atoms with E-state index in [2.05, 4.69) is 0 Å². The number of aromatic hydroxyl groups is 1. The molecule has 2 rings (SSSR count). The van der Waals surface area contributed by atoms with E-state index in [4.69, 9.17) is 9.47 Å². The van der Waals surface area contributed by atoms with Crippen LogP contribution in [-0.4, -0.2) is 17.1 Å². The number of ether oxygens (including phenoxy) is 2. The van der Waals surface area contributed by atoms with Gasteiger partial charge in [0.25, 0.3) is 0 Å². The van der Waals surface area contributed by atoms with Gasteiger partial charge in [-0.15, -0.1) is 0 Å². The van der Waals surface area contributed by atoms with Gasteiger partial charge < -0.3 is 14.6 Å². The minimum atomic E-state index is -0.930. The van der Waals surface area contributed by atoms with Crippen LogP contribution in [0.4, 0.5) is 10.1 Å². The third kappa shape index (κ3) is 2.61. The standard InChI is InChI=1S/C13H10FNO5/c1-19-13-7-12(8(14)6-9(13)15(17)18)20-11-5-3-2-4-10(11)16/h2-7,16H,1H3. The molecule has 7 heteroatoms. The maximum absolute atomic E-state index is 13.8. The first-order valence-electron chi connectivity index (χ1n) is 5.50. The predicted molar refractivity (Wildman–Crippen MR) is 67.8 cm³/mol. The predicted octanol–water partition coefficient (Wildman–Crippen LogP) is 3.24. The Labute approximate surface area is 113 Å². The lowest BCUT2D eigenvalue weighted by atomic mass is 10.2. The lowest BCUT2D eigenvalue weighted by molar-refractivity contribution is -0.386. The van der Waals surface area contributed by atoms with Crippen LogP contribution in [0.1, 0.15) is 0 Å². The number of nitro benzene ring substituents is 1. The topological polar surface area (TPSA) is 81.8 Å². The highest BCUT2D eigenvalue weighted by Crippen LogP contribution is 2.37. The molecule has 0 aromatic heterocycles. The zero-order valence-corrected chi connectivity index (χ0v) is 10.4. The summed E-state index contributed by atoms with van der Waals surface area (Å²) in [6, 6.07) is 7.73. The molecule has 20 heavy (non-hydrogen) atoms. The first-order chi connectivity index (χ1) is 9.52. The molecule has 0 saturated carbocycles. The molecular weight excluding hydrogens is 269 g/mol. The molecule has 0 aliphatic carbocycles. The van der Waals surface area contributed by atoms with Crippen LogP contribution in [-0.2, 0) is 0 Å². The molecule has 0 amide bonds. The fourth-order valence-electron chi connectivity index (χ4n) is 1.57. The van der Waals surface area contributed by atoms with Gasteiger partial charge in [0.2, 0.25) is 5.75 Å². The summed E-state index contributed by atoms with van der Waals surface area (Å²) in [5.41, 5.74) is -0.505. The molecule has 0 heterocycles. The third-order valence-corrected chi connectivity index (χ3v) is 2.52. The van der Waals surface area contributed by atoms with Crippen molar-refractivity contribution in [1.29, 1.82) is 0 Å². The normalized spacial score (nSPS) is 10.1. The molecule has 0 atom stereocenters. The summed E-state index contributed by atoms with van der Waals surface area (Å²) in [7, 11) is 1.23. The average Bonchev–Trinajstić information content (AvgIpc) is 2.42. The summed E-state index contributed by atoms with van der Waals surface area (Å²) in [5.74, 6) is -1.50. The zero-order valence-electron chi connectivity index (χ0n) is 10.4. The van der Waals surface area contributed by atoms with Gasteiger partial charge in [-0.05, 0) is 12.1 Å². The summed E-state index contributed by atoms with van der Waals surface area (Å²) in [6.07, 6.45) is 0. The second-order valence-electron chi connectivity index (χ2n) is 3.78. The van der Waals surface area contributed by atoms with E-state index in [0.717, 1.165) is 6.07 Å². The molecule has 2 aromatic carbocycles. The summed E-state index contributed by atoms with van der Waals surface area (Å²) < 4.78 is 23.8. The Morgan fingerprint density at radius 3 is 2.50 bits per heavy atom. The van der Waals surface area contributed by atoms with Crippen LogP contribution in [0.2, 0.25) is 0 Å². The van der Waals surface area contributed by atoms with Gasteiger partial charge in [0, 0.05) is 6.07 Å². The fraction of sp³-hybridized carbons (Fsp3) is 0.0769. The molecule has 0 aliphatic heterocycles. The van der Waals surface area contributed by atoms with Crippen molar-refractivity contribution in [2.24, 2.45) is 0 Å². The Morgan fingerprint density at radius 1 is 1.20 bits per heavy atom. The molecule has 0 radical (unpaired) electrons. The Kier molecular flexibility index (Phi) is 3.69. The van der Waals surface area contributed by atoms with Crippen LogP contribution >= 0.6 is 0 Å². The molecule has 0 bridgehead atoms. The van der Waals surface area contributed by atoms with Gasteiger partial charge in [-0.3, -0.25) is 10.1 Å². The highest BCUT2D eigenvalue weighted by molar-refractivity contribution is 5.53. The van der Waals surface area contributed by atoms with Gasteiger partial charge in [0.1, 0.15) is 0 Å². The van der Waals surface area contributed by atoms with Crippen molar-refractivity contribution in [3.8, 4) is 23.0 Å². The van der Waals surface area contributed by atoms with E-state index in [1.807, 2.05) is 0 Å². The van der Waals surface area contributed by atoms with Crippen molar-refractivity contribution in [1.82, 2.24) is 0 Å². The number of phenols is 1. The van der Waals surface area contributed by atoms with Crippen molar-refractivity contribution >= 4 is 5.69 Å². The van der Waals surface area contributed by atoms with E-state index < -0.39 is 16.4 Å². The zero-order chi connectivity index (χ0) is 14.7. The van der Waals surface area contributed by atoms with Crippen LogP contribution < -0.4 is 9.47 Å². The van der Waals surface area contributed by atoms with Gasteiger partial charge in [0.05, 0.1) is 18.1 Å². The lowest BCUT2D eigenvalue weighted by Crippen LogP contribution is -1.97. The first kappa shape index (κ1) is 13.6. The Morgan fingerprint density at radius 2 is 1.90 bits per heavy atom. The Hall–Kier alpha value is -2.83. The molecule has 0 aliphatic rings. The van der Waals surface area contributed by atoms with E-state index in [1.165, 1.54) is 19.2 Å². The summed E-state index contributed by atoms with van der Waals surface area (Å²) >= 11 is 0. The van der Waals surface area contributed by atoms with Crippen LogP contribution in [0.3, 0.4) is 0 Å². The second-order valence-corrected chi connectivity index (χ2v) is 3.78. The van der Waals surface area contributed by atoms with Gasteiger partial charge in [0.15, 0.2) is 23.1 Å². The third-order valence-electron chi connectivity index (χ3n) is 2.52. The van der Waals surface area contributed by atoms with Gasteiger partial charge in [-0.2, -0.15) is 0 Å². The number of rotatable bonds is 4. The number of phenolic OH excluding ortho intramolecular Hbond substituents is 1. The highest BCUT2D eigenvalue weighted by atomic mass is 19.1. The number of nitro groups is 1. The van der Waals surface area contributed by atoms with Crippen molar-refractivity contribution < 1.29 is 23.9 Å².